The molecule has 0 spiro atoms. The molecule has 1 amide bonds. The second kappa shape index (κ2) is 5.68. The Hall–Kier alpha value is -1.70. The summed E-state index contributed by atoms with van der Waals surface area (Å²) in [5.74, 6) is -0.811. The number of hydrogen-bond acceptors (Lipinski definition) is 3. The van der Waals surface area contributed by atoms with Gasteiger partial charge in [0.05, 0.1) is 5.56 Å². The summed E-state index contributed by atoms with van der Waals surface area (Å²) in [6, 6.07) is 7.47. The molecule has 126 valence electrons. The Morgan fingerprint density at radius 3 is 2.50 bits per heavy atom. The molecule has 3 nitrogen and oxygen atoms in total. The van der Waals surface area contributed by atoms with Crippen LogP contribution in [0.25, 0.3) is 0 Å². The first-order valence-corrected chi connectivity index (χ1v) is 8.37. The molecule has 0 saturated heterocycles. The van der Waals surface area contributed by atoms with Crippen molar-refractivity contribution in [1.82, 2.24) is 0 Å². The maximum absolute atomic E-state index is 12.8. The lowest BCUT2D eigenvalue weighted by Crippen LogP contribution is -2.35. The number of nitrogens with one attached hydrogen (secondary N) is 1. The molecular weight excluding hydrogens is 363 g/mol. The number of thioether (sulfide) groups is 1. The highest BCUT2D eigenvalue weighted by Crippen LogP contribution is 2.46. The van der Waals surface area contributed by atoms with E-state index in [2.05, 4.69) is 5.32 Å². The fourth-order valence-corrected chi connectivity index (χ4v) is 3.51. The summed E-state index contributed by atoms with van der Waals surface area (Å²) in [7, 11) is 0. The molecule has 1 aliphatic rings. The van der Waals surface area contributed by atoms with Crippen LogP contribution in [0.15, 0.2) is 41.3 Å². The predicted octanol–water partition coefficient (Wildman–Crippen LogP) is 4.27. The van der Waals surface area contributed by atoms with Crippen molar-refractivity contribution in [2.24, 2.45) is 0 Å². The highest BCUT2D eigenvalue weighted by molar-refractivity contribution is 7.98. The van der Waals surface area contributed by atoms with Gasteiger partial charge < -0.3 is 10.4 Å². The molecule has 0 fully saturated rings. The number of rotatable bonds is 2. The molecule has 8 heteroatoms. The second-order valence-corrected chi connectivity index (χ2v) is 6.55. The number of alkyl halides is 3. The van der Waals surface area contributed by atoms with E-state index in [4.69, 9.17) is 11.6 Å². The maximum Gasteiger partial charge on any atom is 0.416 e. The minimum absolute atomic E-state index is 0.0654. The predicted molar refractivity (Wildman–Crippen MR) is 86.3 cm³/mol. The molecule has 0 radical (unpaired) electrons. The van der Waals surface area contributed by atoms with Gasteiger partial charge in [-0.1, -0.05) is 17.7 Å². The van der Waals surface area contributed by atoms with Crippen molar-refractivity contribution in [3.63, 3.8) is 0 Å². The molecule has 2 N–H and O–H groups in total. The van der Waals surface area contributed by atoms with Gasteiger partial charge in [0.1, 0.15) is 0 Å². The minimum atomic E-state index is -4.54. The van der Waals surface area contributed by atoms with Crippen molar-refractivity contribution in [2.45, 2.75) is 16.7 Å². The van der Waals surface area contributed by atoms with Gasteiger partial charge in [0, 0.05) is 26.7 Å². The SMILES string of the molecule is CSc1ccc(Cl)cc1C1(O)C(=O)Nc2cc(C(F)(F)F)ccc21. The number of carbonyl (C=O) groups excluding carboxylic acids is 1. The van der Waals surface area contributed by atoms with Gasteiger partial charge in [0.2, 0.25) is 0 Å². The molecule has 2 aromatic rings. The van der Waals surface area contributed by atoms with E-state index in [9.17, 15) is 23.1 Å². The van der Waals surface area contributed by atoms with E-state index in [1.165, 1.54) is 17.8 Å². The van der Waals surface area contributed by atoms with E-state index in [1.807, 2.05) is 0 Å². The molecule has 1 heterocycles. The Labute approximate surface area is 144 Å². The Morgan fingerprint density at radius 1 is 1.17 bits per heavy atom. The van der Waals surface area contributed by atoms with Gasteiger partial charge in [-0.2, -0.15) is 13.2 Å². The van der Waals surface area contributed by atoms with Gasteiger partial charge in [0.15, 0.2) is 5.60 Å². The van der Waals surface area contributed by atoms with Gasteiger partial charge in [-0.05, 0) is 36.6 Å². The fraction of sp³-hybridized carbons (Fsp3) is 0.188. The zero-order valence-electron chi connectivity index (χ0n) is 12.2. The summed E-state index contributed by atoms with van der Waals surface area (Å²) in [5.41, 5.74) is -2.76. The summed E-state index contributed by atoms with van der Waals surface area (Å²) in [6.07, 6.45) is -2.78. The average Bonchev–Trinajstić information content (AvgIpc) is 2.78. The lowest BCUT2D eigenvalue weighted by Gasteiger charge is -2.24. The molecule has 1 aliphatic heterocycles. The first-order chi connectivity index (χ1) is 11.2. The third kappa shape index (κ3) is 2.56. The van der Waals surface area contributed by atoms with Crippen LogP contribution in [0.3, 0.4) is 0 Å². The van der Waals surface area contributed by atoms with E-state index >= 15 is 0 Å². The molecule has 0 aliphatic carbocycles. The van der Waals surface area contributed by atoms with E-state index < -0.39 is 23.2 Å². The fourth-order valence-electron chi connectivity index (χ4n) is 2.70. The van der Waals surface area contributed by atoms with E-state index in [0.717, 1.165) is 18.2 Å². The van der Waals surface area contributed by atoms with E-state index in [1.54, 1.807) is 18.4 Å². The summed E-state index contributed by atoms with van der Waals surface area (Å²) >= 11 is 7.27. The number of halogens is 4. The monoisotopic (exact) mass is 373 g/mol. The zero-order chi connectivity index (χ0) is 17.7. The molecule has 0 aromatic heterocycles. The Morgan fingerprint density at radius 2 is 1.88 bits per heavy atom. The molecular formula is C16H11ClF3NO2S. The largest absolute Gasteiger partial charge is 0.416 e. The molecule has 1 atom stereocenters. The van der Waals surface area contributed by atoms with Crippen molar-refractivity contribution in [3.8, 4) is 0 Å². The van der Waals surface area contributed by atoms with Gasteiger partial charge in [-0.3, -0.25) is 4.79 Å². The van der Waals surface area contributed by atoms with Gasteiger partial charge >= 0.3 is 6.18 Å². The molecule has 2 aromatic carbocycles. The van der Waals surface area contributed by atoms with Gasteiger partial charge in [-0.15, -0.1) is 11.8 Å². The van der Waals surface area contributed by atoms with Crippen molar-refractivity contribution in [3.05, 3.63) is 58.1 Å². The normalized spacial score (nSPS) is 20.0. The Balaban J connectivity index is 2.21. The number of carbonyl (C=O) groups is 1. The number of benzene rings is 2. The highest BCUT2D eigenvalue weighted by atomic mass is 35.5. The van der Waals surface area contributed by atoms with Crippen LogP contribution in [0.1, 0.15) is 16.7 Å². The number of anilines is 1. The lowest BCUT2D eigenvalue weighted by molar-refractivity contribution is -0.137. The van der Waals surface area contributed by atoms with Crippen LogP contribution < -0.4 is 5.32 Å². The standard InChI is InChI=1S/C16H11ClF3NO2S/c1-24-13-5-3-9(17)7-11(13)15(23)10-4-2-8(16(18,19)20)6-12(10)21-14(15)22/h2-7,23H,1H3,(H,21,22). The topological polar surface area (TPSA) is 49.3 Å². The van der Waals surface area contributed by atoms with Crippen LogP contribution in [-0.4, -0.2) is 17.3 Å². The molecule has 3 rings (SSSR count). The number of hydrogen-bond donors (Lipinski definition) is 2. The first kappa shape index (κ1) is 17.1. The maximum atomic E-state index is 12.8. The third-order valence-electron chi connectivity index (χ3n) is 3.86. The van der Waals surface area contributed by atoms with Crippen molar-refractivity contribution < 1.29 is 23.1 Å². The van der Waals surface area contributed by atoms with Gasteiger partial charge in [0.25, 0.3) is 5.91 Å². The van der Waals surface area contributed by atoms with Crippen LogP contribution in [0.5, 0.6) is 0 Å². The van der Waals surface area contributed by atoms with Crippen LogP contribution in [0.4, 0.5) is 18.9 Å². The Bertz CT molecular complexity index is 841. The summed E-state index contributed by atoms with van der Waals surface area (Å²) in [6.45, 7) is 0. The quantitative estimate of drug-likeness (QED) is 0.773. The lowest BCUT2D eigenvalue weighted by atomic mass is 9.87. The van der Waals surface area contributed by atoms with Crippen LogP contribution in [-0.2, 0) is 16.6 Å². The first-order valence-electron chi connectivity index (χ1n) is 6.77. The average molecular weight is 374 g/mol. The number of amides is 1. The molecule has 1 unspecified atom stereocenters. The van der Waals surface area contributed by atoms with Gasteiger partial charge in [-0.25, -0.2) is 0 Å². The van der Waals surface area contributed by atoms with Crippen LogP contribution in [0.2, 0.25) is 5.02 Å². The Kier molecular flexibility index (Phi) is 4.06. The number of aliphatic hydroxyl groups is 1. The molecule has 0 saturated carbocycles. The summed E-state index contributed by atoms with van der Waals surface area (Å²) in [5, 5.41) is 13.7. The third-order valence-corrected chi connectivity index (χ3v) is 4.90. The van der Waals surface area contributed by atoms with Crippen molar-refractivity contribution in [2.75, 3.05) is 11.6 Å². The summed E-state index contributed by atoms with van der Waals surface area (Å²) in [4.78, 5) is 13.0. The second-order valence-electron chi connectivity index (χ2n) is 5.27. The smallest absolute Gasteiger partial charge is 0.372 e. The van der Waals surface area contributed by atoms with E-state index in [0.29, 0.717) is 9.92 Å². The molecule has 24 heavy (non-hydrogen) atoms. The number of fused-ring (bicyclic) bond motifs is 1. The van der Waals surface area contributed by atoms with Crippen molar-refractivity contribution in [1.29, 1.82) is 0 Å². The summed E-state index contributed by atoms with van der Waals surface area (Å²) < 4.78 is 38.5. The van der Waals surface area contributed by atoms with Crippen molar-refractivity contribution >= 4 is 35.0 Å². The minimum Gasteiger partial charge on any atom is -0.372 e. The zero-order valence-corrected chi connectivity index (χ0v) is 13.8. The highest BCUT2D eigenvalue weighted by Gasteiger charge is 2.49. The van der Waals surface area contributed by atoms with E-state index in [-0.39, 0.29) is 16.8 Å². The molecule has 0 bridgehead atoms. The van der Waals surface area contributed by atoms with Crippen LogP contribution >= 0.6 is 23.4 Å². The van der Waals surface area contributed by atoms with Crippen LogP contribution in [0, 0.1) is 0 Å².